The normalized spacial score (nSPS) is 15.8. The Kier molecular flexibility index (Phi) is 3.80. The van der Waals surface area contributed by atoms with Crippen molar-refractivity contribution in [3.05, 3.63) is 48.2 Å². The first-order valence-corrected chi connectivity index (χ1v) is 8.12. The molecule has 0 atom stereocenters. The Morgan fingerprint density at radius 1 is 1.21 bits per heavy atom. The number of hydrogen-bond donors (Lipinski definition) is 1. The maximum Gasteiger partial charge on any atom is 0.225 e. The van der Waals surface area contributed by atoms with Gasteiger partial charge in [-0.15, -0.1) is 0 Å². The van der Waals surface area contributed by atoms with E-state index < -0.39 is 5.82 Å². The van der Waals surface area contributed by atoms with E-state index in [-0.39, 0.29) is 0 Å². The average molecular weight is 326 g/mol. The molecule has 0 saturated carbocycles. The molecule has 0 radical (unpaired) electrons. The molecule has 3 heterocycles. The number of hydrogen-bond acceptors (Lipinski definition) is 4. The molecular weight excluding hydrogens is 307 g/mol. The molecule has 1 saturated heterocycles. The van der Waals surface area contributed by atoms with Gasteiger partial charge in [0, 0.05) is 30.2 Å². The van der Waals surface area contributed by atoms with Crippen LogP contribution in [0, 0.1) is 5.82 Å². The van der Waals surface area contributed by atoms with Crippen LogP contribution in [0.15, 0.2) is 36.8 Å². The van der Waals surface area contributed by atoms with E-state index >= 15 is 0 Å². The molecule has 124 valence electrons. The zero-order valence-electron chi connectivity index (χ0n) is 13.5. The molecule has 1 fully saturated rings. The van der Waals surface area contributed by atoms with Gasteiger partial charge in [0.15, 0.2) is 5.82 Å². The lowest BCUT2D eigenvalue weighted by atomic mass is 9.89. The number of nitrogens with one attached hydrogen (secondary N) is 1. The molecule has 1 aromatic carbocycles. The van der Waals surface area contributed by atoms with Crippen LogP contribution >= 0.6 is 0 Å². The second-order valence-electron chi connectivity index (χ2n) is 6.12. The fourth-order valence-electron chi connectivity index (χ4n) is 3.45. The Balaban J connectivity index is 1.52. The molecule has 2 aromatic heterocycles. The van der Waals surface area contributed by atoms with Gasteiger partial charge in [-0.2, -0.15) is 0 Å². The quantitative estimate of drug-likeness (QED) is 0.800. The zero-order valence-corrected chi connectivity index (χ0v) is 13.5. The van der Waals surface area contributed by atoms with Crippen molar-refractivity contribution in [1.82, 2.24) is 15.0 Å². The number of methoxy groups -OCH3 is 1. The lowest BCUT2D eigenvalue weighted by molar-refractivity contribution is 0.415. The second-order valence-corrected chi connectivity index (χ2v) is 6.12. The van der Waals surface area contributed by atoms with E-state index in [1.54, 1.807) is 7.11 Å². The van der Waals surface area contributed by atoms with E-state index in [1.807, 2.05) is 6.07 Å². The van der Waals surface area contributed by atoms with Gasteiger partial charge < -0.3 is 14.6 Å². The van der Waals surface area contributed by atoms with Gasteiger partial charge in [0.2, 0.25) is 5.95 Å². The zero-order chi connectivity index (χ0) is 16.5. The molecule has 3 aromatic rings. The number of nitrogens with zero attached hydrogens (tertiary/aromatic N) is 3. The number of rotatable bonds is 3. The van der Waals surface area contributed by atoms with Crippen molar-refractivity contribution in [1.29, 1.82) is 0 Å². The summed E-state index contributed by atoms with van der Waals surface area (Å²) in [6.07, 6.45) is 6.59. The van der Waals surface area contributed by atoms with Gasteiger partial charge in [-0.3, -0.25) is 0 Å². The highest BCUT2D eigenvalue weighted by Crippen LogP contribution is 2.35. The van der Waals surface area contributed by atoms with Crippen LogP contribution in [0.1, 0.15) is 24.3 Å². The predicted octanol–water partition coefficient (Wildman–Crippen LogP) is 3.49. The van der Waals surface area contributed by atoms with Crippen molar-refractivity contribution in [3.63, 3.8) is 0 Å². The Labute approximate surface area is 139 Å². The van der Waals surface area contributed by atoms with Crippen LogP contribution in [0.25, 0.3) is 10.9 Å². The number of aromatic nitrogens is 3. The molecule has 1 aliphatic rings. The average Bonchev–Trinajstić information content (AvgIpc) is 3.05. The third-order valence-corrected chi connectivity index (χ3v) is 4.75. The number of H-pyrrole nitrogens is 1. The molecule has 1 aliphatic heterocycles. The van der Waals surface area contributed by atoms with E-state index in [0.29, 0.717) is 11.9 Å². The minimum absolute atomic E-state index is 0.402. The third-order valence-electron chi connectivity index (χ3n) is 4.75. The Morgan fingerprint density at radius 2 is 1.96 bits per heavy atom. The molecular formula is C18H19FN4O. The van der Waals surface area contributed by atoms with Crippen LogP contribution in [0.5, 0.6) is 5.75 Å². The predicted molar refractivity (Wildman–Crippen MR) is 91.0 cm³/mol. The van der Waals surface area contributed by atoms with Gasteiger partial charge in [0.1, 0.15) is 5.75 Å². The topological polar surface area (TPSA) is 54.0 Å². The number of aromatic amines is 1. The standard InChI is InChI=1S/C18H19FN4O/c1-24-14-2-3-17-15(8-14)16(11-20-17)12-4-6-23(7-5-12)18-21-9-13(19)10-22-18/h2-3,8-12,20H,4-7H2,1H3. The molecule has 0 spiro atoms. The largest absolute Gasteiger partial charge is 0.497 e. The number of benzene rings is 1. The SMILES string of the molecule is COc1ccc2[nH]cc(C3CCN(c4ncc(F)cn4)CC3)c2c1. The lowest BCUT2D eigenvalue weighted by Gasteiger charge is -2.31. The van der Waals surface area contributed by atoms with Crippen LogP contribution in [-0.2, 0) is 0 Å². The van der Waals surface area contributed by atoms with Crippen molar-refractivity contribution in [2.75, 3.05) is 25.1 Å². The van der Waals surface area contributed by atoms with Gasteiger partial charge in [-0.1, -0.05) is 0 Å². The van der Waals surface area contributed by atoms with Crippen molar-refractivity contribution < 1.29 is 9.13 Å². The van der Waals surface area contributed by atoms with E-state index in [0.717, 1.165) is 37.2 Å². The summed E-state index contributed by atoms with van der Waals surface area (Å²) in [6, 6.07) is 6.12. The molecule has 0 aliphatic carbocycles. The monoisotopic (exact) mass is 326 g/mol. The van der Waals surface area contributed by atoms with Gasteiger partial charge in [0.05, 0.1) is 19.5 Å². The van der Waals surface area contributed by atoms with Gasteiger partial charge >= 0.3 is 0 Å². The smallest absolute Gasteiger partial charge is 0.225 e. The maximum absolute atomic E-state index is 13.0. The molecule has 24 heavy (non-hydrogen) atoms. The number of piperidine rings is 1. The van der Waals surface area contributed by atoms with E-state index in [2.05, 4.69) is 38.2 Å². The maximum atomic E-state index is 13.0. The highest BCUT2D eigenvalue weighted by Gasteiger charge is 2.24. The number of halogens is 1. The molecule has 0 unspecified atom stereocenters. The minimum atomic E-state index is -0.402. The molecule has 4 rings (SSSR count). The first kappa shape index (κ1) is 14.9. The molecule has 0 bridgehead atoms. The summed E-state index contributed by atoms with van der Waals surface area (Å²) in [4.78, 5) is 13.6. The minimum Gasteiger partial charge on any atom is -0.497 e. The Morgan fingerprint density at radius 3 is 2.67 bits per heavy atom. The molecule has 6 heteroatoms. The van der Waals surface area contributed by atoms with Crippen molar-refractivity contribution in [2.24, 2.45) is 0 Å². The third kappa shape index (κ3) is 2.68. The van der Waals surface area contributed by atoms with Crippen molar-refractivity contribution >= 4 is 16.9 Å². The fraction of sp³-hybridized carbons (Fsp3) is 0.333. The van der Waals surface area contributed by atoms with Crippen molar-refractivity contribution in [2.45, 2.75) is 18.8 Å². The Bertz CT molecular complexity index is 838. The first-order valence-electron chi connectivity index (χ1n) is 8.12. The molecule has 0 amide bonds. The van der Waals surface area contributed by atoms with Gasteiger partial charge in [0.25, 0.3) is 0 Å². The number of anilines is 1. The molecule has 1 N–H and O–H groups in total. The highest BCUT2D eigenvalue weighted by molar-refractivity contribution is 5.85. The molecule has 5 nitrogen and oxygen atoms in total. The number of fused-ring (bicyclic) bond motifs is 1. The summed E-state index contributed by atoms with van der Waals surface area (Å²) < 4.78 is 18.3. The first-order chi connectivity index (χ1) is 11.7. The van der Waals surface area contributed by atoms with Crippen LogP contribution < -0.4 is 9.64 Å². The van der Waals surface area contributed by atoms with Crippen LogP contribution in [0.2, 0.25) is 0 Å². The summed E-state index contributed by atoms with van der Waals surface area (Å²) in [7, 11) is 1.69. The number of ether oxygens (including phenoxy) is 1. The van der Waals surface area contributed by atoms with E-state index in [9.17, 15) is 4.39 Å². The fourth-order valence-corrected chi connectivity index (χ4v) is 3.45. The van der Waals surface area contributed by atoms with E-state index in [4.69, 9.17) is 4.74 Å². The summed E-state index contributed by atoms with van der Waals surface area (Å²) in [6.45, 7) is 1.74. The van der Waals surface area contributed by atoms with Crippen LogP contribution in [0.4, 0.5) is 10.3 Å². The van der Waals surface area contributed by atoms with Crippen LogP contribution in [-0.4, -0.2) is 35.2 Å². The van der Waals surface area contributed by atoms with E-state index in [1.165, 1.54) is 23.3 Å². The van der Waals surface area contributed by atoms with Crippen LogP contribution in [0.3, 0.4) is 0 Å². The highest BCUT2D eigenvalue weighted by atomic mass is 19.1. The summed E-state index contributed by atoms with van der Waals surface area (Å²) in [5, 5.41) is 1.23. The Hall–Kier alpha value is -2.63. The summed E-state index contributed by atoms with van der Waals surface area (Å²) >= 11 is 0. The van der Waals surface area contributed by atoms with Gasteiger partial charge in [-0.25, -0.2) is 14.4 Å². The van der Waals surface area contributed by atoms with Gasteiger partial charge in [-0.05, 0) is 42.5 Å². The summed E-state index contributed by atoms with van der Waals surface area (Å²) in [5.74, 6) is 1.57. The second kappa shape index (κ2) is 6.11. The lowest BCUT2D eigenvalue weighted by Crippen LogP contribution is -2.34. The van der Waals surface area contributed by atoms with Crippen molar-refractivity contribution in [3.8, 4) is 5.75 Å². The summed E-state index contributed by atoms with van der Waals surface area (Å²) in [5.41, 5.74) is 2.47.